The molecule has 0 aliphatic carbocycles. The van der Waals surface area contributed by atoms with Crippen LogP contribution in [0.25, 0.3) is 0 Å². The van der Waals surface area contributed by atoms with E-state index in [-0.39, 0.29) is 23.6 Å². The van der Waals surface area contributed by atoms with Crippen LogP contribution in [0.5, 0.6) is 0 Å². The van der Waals surface area contributed by atoms with Gasteiger partial charge in [-0.1, -0.05) is 54.1 Å². The lowest BCUT2D eigenvalue weighted by Gasteiger charge is -2.35. The van der Waals surface area contributed by atoms with E-state index < -0.39 is 22.0 Å². The Morgan fingerprint density at radius 1 is 0.938 bits per heavy atom. The number of sulfonamides is 1. The number of hydrogen-bond donors (Lipinski definition) is 1. The molecule has 0 radical (unpaired) electrons. The molecular weight excluding hydrogens is 424 g/mol. The summed E-state index contributed by atoms with van der Waals surface area (Å²) in [5.41, 5.74) is 3.70. The van der Waals surface area contributed by atoms with Crippen molar-refractivity contribution < 1.29 is 18.0 Å². The predicted molar refractivity (Wildman–Crippen MR) is 123 cm³/mol. The van der Waals surface area contributed by atoms with Crippen LogP contribution >= 0.6 is 0 Å². The van der Waals surface area contributed by atoms with Crippen molar-refractivity contribution in [1.29, 1.82) is 0 Å². The summed E-state index contributed by atoms with van der Waals surface area (Å²) in [6.07, 6.45) is 0.263. The van der Waals surface area contributed by atoms with Crippen molar-refractivity contribution in [1.82, 2.24) is 4.31 Å². The van der Waals surface area contributed by atoms with Crippen LogP contribution in [0, 0.1) is 6.92 Å². The zero-order chi connectivity index (χ0) is 22.9. The van der Waals surface area contributed by atoms with E-state index in [1.54, 1.807) is 48.5 Å². The molecule has 1 unspecified atom stereocenters. The molecule has 0 fully saturated rings. The minimum atomic E-state index is -3.91. The van der Waals surface area contributed by atoms with Crippen LogP contribution in [0.1, 0.15) is 34.0 Å². The maximum Gasteiger partial charge on any atom is 0.244 e. The lowest BCUT2D eigenvalue weighted by atomic mass is 9.95. The van der Waals surface area contributed by atoms with Crippen molar-refractivity contribution in [3.05, 3.63) is 95.1 Å². The summed E-state index contributed by atoms with van der Waals surface area (Å²) in [5.74, 6) is -0.549. The first-order valence-electron chi connectivity index (χ1n) is 10.3. The Morgan fingerprint density at radius 2 is 1.62 bits per heavy atom. The topological polar surface area (TPSA) is 83.6 Å². The van der Waals surface area contributed by atoms with E-state index in [0.717, 1.165) is 16.7 Å². The molecule has 1 N–H and O–H groups in total. The number of Topliss-reactive ketones (excluding diaryl/α,β-unsaturated/α-hetero) is 1. The Bertz CT molecular complexity index is 1280. The fourth-order valence-corrected chi connectivity index (χ4v) is 5.43. The van der Waals surface area contributed by atoms with E-state index in [2.05, 4.69) is 5.32 Å². The molecule has 1 aliphatic heterocycles. The molecule has 6 nitrogen and oxygen atoms in total. The molecule has 1 amide bonds. The largest absolute Gasteiger partial charge is 0.325 e. The Morgan fingerprint density at radius 3 is 2.31 bits per heavy atom. The van der Waals surface area contributed by atoms with Crippen LogP contribution in [0.2, 0.25) is 0 Å². The van der Waals surface area contributed by atoms with Gasteiger partial charge in [0.15, 0.2) is 5.78 Å². The first-order chi connectivity index (χ1) is 15.3. The average molecular weight is 449 g/mol. The first kappa shape index (κ1) is 21.9. The van der Waals surface area contributed by atoms with Crippen LogP contribution in [-0.4, -0.2) is 30.5 Å². The van der Waals surface area contributed by atoms with Crippen molar-refractivity contribution in [2.45, 2.75) is 37.8 Å². The lowest BCUT2D eigenvalue weighted by molar-refractivity contribution is -0.120. The van der Waals surface area contributed by atoms with Gasteiger partial charge < -0.3 is 5.32 Å². The second kappa shape index (κ2) is 8.68. The maximum atomic E-state index is 13.5. The highest BCUT2D eigenvalue weighted by Gasteiger charge is 2.39. The highest BCUT2D eigenvalue weighted by molar-refractivity contribution is 7.89. The number of fused-ring (bicyclic) bond motifs is 1. The molecule has 1 heterocycles. The van der Waals surface area contributed by atoms with Gasteiger partial charge in [-0.2, -0.15) is 4.31 Å². The molecular formula is C25H24N2O4S. The number of rotatable bonds is 5. The van der Waals surface area contributed by atoms with Gasteiger partial charge in [0.2, 0.25) is 15.9 Å². The number of nitrogens with one attached hydrogen (secondary N) is 1. The van der Waals surface area contributed by atoms with E-state index in [1.807, 2.05) is 31.2 Å². The molecule has 164 valence electrons. The van der Waals surface area contributed by atoms with Gasteiger partial charge in [0.25, 0.3) is 0 Å². The van der Waals surface area contributed by atoms with E-state index >= 15 is 0 Å². The Kier molecular flexibility index (Phi) is 5.95. The number of aryl methyl sites for hydroxylation is 1. The number of anilines is 1. The van der Waals surface area contributed by atoms with Crippen LogP contribution in [0.4, 0.5) is 5.69 Å². The third-order valence-corrected chi connectivity index (χ3v) is 7.54. The SMILES string of the molecule is CC(=O)c1cccc(NC(=O)C2Cc3ccccc3CN2S(=O)(=O)c2ccc(C)cc2)c1. The first-order valence-corrected chi connectivity index (χ1v) is 11.8. The summed E-state index contributed by atoms with van der Waals surface area (Å²) < 4.78 is 28.3. The molecule has 32 heavy (non-hydrogen) atoms. The molecule has 0 bridgehead atoms. The molecule has 0 spiro atoms. The van der Waals surface area contributed by atoms with Gasteiger partial charge in [-0.15, -0.1) is 0 Å². The molecule has 0 aromatic heterocycles. The second-order valence-electron chi connectivity index (χ2n) is 7.98. The number of carbonyl (C=O) groups is 2. The second-order valence-corrected chi connectivity index (χ2v) is 9.87. The Labute approximate surface area is 187 Å². The molecule has 0 saturated heterocycles. The van der Waals surface area contributed by atoms with Crippen molar-refractivity contribution in [2.75, 3.05) is 5.32 Å². The van der Waals surface area contributed by atoms with Crippen molar-refractivity contribution in [2.24, 2.45) is 0 Å². The molecule has 7 heteroatoms. The zero-order valence-corrected chi connectivity index (χ0v) is 18.7. The van der Waals surface area contributed by atoms with Crippen molar-refractivity contribution in [3.63, 3.8) is 0 Å². The van der Waals surface area contributed by atoms with Crippen molar-refractivity contribution >= 4 is 27.4 Å². The van der Waals surface area contributed by atoms with E-state index in [9.17, 15) is 18.0 Å². The van der Waals surface area contributed by atoms with Gasteiger partial charge >= 0.3 is 0 Å². The average Bonchev–Trinajstić information content (AvgIpc) is 2.78. The van der Waals surface area contributed by atoms with E-state index in [4.69, 9.17) is 0 Å². The summed E-state index contributed by atoms with van der Waals surface area (Å²) in [7, 11) is -3.91. The number of hydrogen-bond acceptors (Lipinski definition) is 4. The summed E-state index contributed by atoms with van der Waals surface area (Å²) in [6.45, 7) is 3.45. The highest BCUT2D eigenvalue weighted by atomic mass is 32.2. The van der Waals surface area contributed by atoms with Crippen molar-refractivity contribution in [3.8, 4) is 0 Å². The number of carbonyl (C=O) groups excluding carboxylic acids is 2. The monoisotopic (exact) mass is 448 g/mol. The fourth-order valence-electron chi connectivity index (χ4n) is 3.86. The van der Waals surface area contributed by atoms with Crippen LogP contribution < -0.4 is 5.32 Å². The van der Waals surface area contributed by atoms with Gasteiger partial charge in [0.05, 0.1) is 4.90 Å². The third kappa shape index (κ3) is 4.35. The summed E-state index contributed by atoms with van der Waals surface area (Å²) in [6, 6.07) is 19.9. The van der Waals surface area contributed by atoms with Gasteiger partial charge in [-0.3, -0.25) is 9.59 Å². The summed E-state index contributed by atoms with van der Waals surface area (Å²) in [4.78, 5) is 25.1. The minimum Gasteiger partial charge on any atom is -0.325 e. The van der Waals surface area contributed by atoms with Crippen LogP contribution in [0.15, 0.2) is 77.7 Å². The Hall–Kier alpha value is -3.29. The van der Waals surface area contributed by atoms with Crippen LogP contribution in [0.3, 0.4) is 0 Å². The fraction of sp³-hybridized carbons (Fsp3) is 0.200. The summed E-state index contributed by atoms with van der Waals surface area (Å²) in [5, 5.41) is 2.80. The van der Waals surface area contributed by atoms with E-state index in [1.165, 1.54) is 11.2 Å². The quantitative estimate of drug-likeness (QED) is 0.599. The minimum absolute atomic E-state index is 0.109. The number of amides is 1. The number of benzene rings is 3. The van der Waals surface area contributed by atoms with Gasteiger partial charge in [0.1, 0.15) is 6.04 Å². The lowest BCUT2D eigenvalue weighted by Crippen LogP contribution is -2.50. The molecule has 4 rings (SSSR count). The number of nitrogens with zero attached hydrogens (tertiary/aromatic N) is 1. The zero-order valence-electron chi connectivity index (χ0n) is 17.9. The van der Waals surface area contributed by atoms with E-state index in [0.29, 0.717) is 11.3 Å². The molecule has 3 aromatic carbocycles. The summed E-state index contributed by atoms with van der Waals surface area (Å²) >= 11 is 0. The molecule has 1 aliphatic rings. The third-order valence-electron chi connectivity index (χ3n) is 5.67. The smallest absolute Gasteiger partial charge is 0.244 e. The van der Waals surface area contributed by atoms with Gasteiger partial charge in [-0.25, -0.2) is 8.42 Å². The molecule has 0 saturated carbocycles. The van der Waals surface area contributed by atoms with Crippen LogP contribution in [-0.2, 0) is 27.8 Å². The highest BCUT2D eigenvalue weighted by Crippen LogP contribution is 2.30. The van der Waals surface area contributed by atoms with Gasteiger partial charge in [-0.05, 0) is 55.7 Å². The number of ketones is 1. The Balaban J connectivity index is 1.70. The van der Waals surface area contributed by atoms with Gasteiger partial charge in [0, 0.05) is 17.8 Å². The molecule has 3 aromatic rings. The maximum absolute atomic E-state index is 13.5. The molecule has 1 atom stereocenters. The predicted octanol–water partition coefficient (Wildman–Crippen LogP) is 3.95. The normalized spacial score (nSPS) is 16.2. The standard InChI is InChI=1S/C25H24N2O4S/c1-17-10-12-23(13-11-17)32(30,31)27-16-21-7-4-3-6-20(21)15-24(27)25(29)26-22-9-5-8-19(14-22)18(2)28/h3-14,24H,15-16H2,1-2H3,(H,26,29).